The molecule has 90 valence electrons. The molecule has 0 aliphatic heterocycles. The van der Waals surface area contributed by atoms with Crippen molar-refractivity contribution in [3.05, 3.63) is 10.7 Å². The van der Waals surface area contributed by atoms with Crippen LogP contribution in [0.3, 0.4) is 0 Å². The van der Waals surface area contributed by atoms with E-state index in [2.05, 4.69) is 0 Å². The summed E-state index contributed by atoms with van der Waals surface area (Å²) in [6, 6.07) is 0. The van der Waals surface area contributed by atoms with Crippen LogP contribution in [-0.2, 0) is 4.79 Å². The molecule has 0 spiro atoms. The SMILES string of the molecule is CCN(CC)C(=S)SC1=C(O)CCCC1=O. The smallest absolute Gasteiger partial charge is 0.173 e. The van der Waals surface area contributed by atoms with E-state index in [9.17, 15) is 9.90 Å². The van der Waals surface area contributed by atoms with Gasteiger partial charge in [0, 0.05) is 25.9 Å². The van der Waals surface area contributed by atoms with E-state index in [4.69, 9.17) is 12.2 Å². The summed E-state index contributed by atoms with van der Waals surface area (Å²) in [5.41, 5.74) is 0. The number of thioether (sulfide) groups is 1. The van der Waals surface area contributed by atoms with Gasteiger partial charge in [-0.2, -0.15) is 0 Å². The summed E-state index contributed by atoms with van der Waals surface area (Å²) < 4.78 is 0.668. The van der Waals surface area contributed by atoms with Gasteiger partial charge in [0.25, 0.3) is 0 Å². The Hall–Kier alpha value is -0.550. The van der Waals surface area contributed by atoms with Gasteiger partial charge in [-0.1, -0.05) is 24.0 Å². The molecule has 0 saturated carbocycles. The van der Waals surface area contributed by atoms with Crippen LogP contribution in [0.4, 0.5) is 0 Å². The fraction of sp³-hybridized carbons (Fsp3) is 0.636. The maximum absolute atomic E-state index is 11.6. The molecule has 1 aliphatic carbocycles. The van der Waals surface area contributed by atoms with Crippen LogP contribution in [-0.4, -0.2) is 33.2 Å². The van der Waals surface area contributed by atoms with Crippen molar-refractivity contribution < 1.29 is 9.90 Å². The molecule has 0 atom stereocenters. The van der Waals surface area contributed by atoms with E-state index >= 15 is 0 Å². The summed E-state index contributed by atoms with van der Waals surface area (Å²) >= 11 is 6.48. The van der Waals surface area contributed by atoms with Gasteiger partial charge < -0.3 is 10.0 Å². The average molecular weight is 259 g/mol. The lowest BCUT2D eigenvalue weighted by molar-refractivity contribution is -0.115. The third-order valence-corrected chi connectivity index (χ3v) is 4.15. The molecule has 1 N–H and O–H groups in total. The quantitative estimate of drug-likeness (QED) is 0.789. The van der Waals surface area contributed by atoms with E-state index in [0.29, 0.717) is 22.1 Å². The number of Topliss-reactive ketones (excluding diaryl/α,β-unsaturated/α-hetero) is 1. The van der Waals surface area contributed by atoms with Gasteiger partial charge in [-0.3, -0.25) is 4.79 Å². The Labute approximate surface area is 106 Å². The van der Waals surface area contributed by atoms with Gasteiger partial charge in [0.2, 0.25) is 0 Å². The molecule has 0 bridgehead atoms. The highest BCUT2D eigenvalue weighted by Crippen LogP contribution is 2.30. The van der Waals surface area contributed by atoms with Crippen LogP contribution in [0, 0.1) is 0 Å². The molecule has 0 aromatic rings. The zero-order chi connectivity index (χ0) is 12.1. The van der Waals surface area contributed by atoms with E-state index in [-0.39, 0.29) is 11.5 Å². The Bertz CT molecular complexity index is 322. The predicted molar refractivity (Wildman–Crippen MR) is 71.6 cm³/mol. The van der Waals surface area contributed by atoms with E-state index in [1.165, 1.54) is 11.8 Å². The van der Waals surface area contributed by atoms with Crippen LogP contribution >= 0.6 is 24.0 Å². The van der Waals surface area contributed by atoms with Crippen molar-refractivity contribution in [1.82, 2.24) is 4.90 Å². The molecule has 0 aromatic heterocycles. The zero-order valence-corrected chi connectivity index (χ0v) is 11.3. The number of aliphatic hydroxyl groups is 1. The minimum atomic E-state index is 0.0169. The lowest BCUT2D eigenvalue weighted by atomic mass is 10.1. The zero-order valence-electron chi connectivity index (χ0n) is 9.65. The standard InChI is InChI=1S/C11H17NO2S2/c1-3-12(4-2)11(15)16-10-8(13)6-5-7-9(10)14/h13H,3-7H2,1-2H3. The number of rotatable bonds is 3. The van der Waals surface area contributed by atoms with Crippen LogP contribution in [0.15, 0.2) is 10.7 Å². The third kappa shape index (κ3) is 3.22. The molecule has 0 unspecified atom stereocenters. The normalized spacial score (nSPS) is 16.5. The Balaban J connectivity index is 2.72. The number of hydrogen-bond donors (Lipinski definition) is 1. The van der Waals surface area contributed by atoms with Gasteiger partial charge in [0.15, 0.2) is 5.78 Å². The summed E-state index contributed by atoms with van der Waals surface area (Å²) in [6.45, 7) is 5.69. The minimum absolute atomic E-state index is 0.0169. The maximum Gasteiger partial charge on any atom is 0.173 e. The Morgan fingerprint density at radius 2 is 2.06 bits per heavy atom. The van der Waals surface area contributed by atoms with E-state index < -0.39 is 0 Å². The number of carbonyl (C=O) groups excluding carboxylic acids is 1. The number of ketones is 1. The second-order valence-electron chi connectivity index (χ2n) is 3.59. The average Bonchev–Trinajstić information content (AvgIpc) is 2.25. The van der Waals surface area contributed by atoms with E-state index in [0.717, 1.165) is 19.5 Å². The minimum Gasteiger partial charge on any atom is -0.511 e. The van der Waals surface area contributed by atoms with E-state index in [1.807, 2.05) is 18.7 Å². The van der Waals surface area contributed by atoms with Crippen LogP contribution in [0.5, 0.6) is 0 Å². The first kappa shape index (κ1) is 13.5. The first-order chi connectivity index (χ1) is 7.60. The van der Waals surface area contributed by atoms with Crippen LogP contribution in [0.2, 0.25) is 0 Å². The van der Waals surface area contributed by atoms with Gasteiger partial charge in [0.05, 0.1) is 4.91 Å². The Kier molecular flexibility index (Phi) is 5.28. The number of aliphatic hydroxyl groups excluding tert-OH is 1. The summed E-state index contributed by atoms with van der Waals surface area (Å²) in [6.07, 6.45) is 1.86. The Morgan fingerprint density at radius 1 is 1.44 bits per heavy atom. The molecule has 1 rings (SSSR count). The van der Waals surface area contributed by atoms with Crippen molar-refractivity contribution in [2.75, 3.05) is 13.1 Å². The molecule has 5 heteroatoms. The highest BCUT2D eigenvalue weighted by molar-refractivity contribution is 8.26. The summed E-state index contributed by atoms with van der Waals surface area (Å²) in [4.78, 5) is 14.1. The van der Waals surface area contributed by atoms with Crippen molar-refractivity contribution in [2.24, 2.45) is 0 Å². The van der Waals surface area contributed by atoms with E-state index in [1.54, 1.807) is 0 Å². The second-order valence-corrected chi connectivity index (χ2v) is 5.24. The molecule has 1 aliphatic rings. The van der Waals surface area contributed by atoms with Crippen molar-refractivity contribution in [1.29, 1.82) is 0 Å². The highest BCUT2D eigenvalue weighted by Gasteiger charge is 2.23. The third-order valence-electron chi connectivity index (χ3n) is 2.54. The molecular formula is C11H17NO2S2. The largest absolute Gasteiger partial charge is 0.511 e. The summed E-state index contributed by atoms with van der Waals surface area (Å²) in [5, 5.41) is 9.68. The number of thiocarbonyl (C=S) groups is 1. The number of hydrogen-bond acceptors (Lipinski definition) is 4. The first-order valence-electron chi connectivity index (χ1n) is 5.52. The van der Waals surface area contributed by atoms with Crippen LogP contribution in [0.1, 0.15) is 33.1 Å². The second kappa shape index (κ2) is 6.25. The van der Waals surface area contributed by atoms with Gasteiger partial charge >= 0.3 is 0 Å². The Morgan fingerprint density at radius 3 is 2.56 bits per heavy atom. The lowest BCUT2D eigenvalue weighted by Crippen LogP contribution is -2.27. The number of allylic oxidation sites excluding steroid dienone is 2. The lowest BCUT2D eigenvalue weighted by Gasteiger charge is -2.22. The predicted octanol–water partition coefficient (Wildman–Crippen LogP) is 2.87. The molecule has 0 aromatic carbocycles. The van der Waals surface area contributed by atoms with Gasteiger partial charge in [-0.25, -0.2) is 0 Å². The van der Waals surface area contributed by atoms with Crippen molar-refractivity contribution in [3.63, 3.8) is 0 Å². The molecule has 0 amide bonds. The summed E-state index contributed by atoms with van der Waals surface area (Å²) in [5.74, 6) is 0.221. The van der Waals surface area contributed by atoms with Crippen LogP contribution in [0.25, 0.3) is 0 Å². The summed E-state index contributed by atoms with van der Waals surface area (Å²) in [7, 11) is 0. The fourth-order valence-electron chi connectivity index (χ4n) is 1.55. The molecule has 0 saturated heterocycles. The highest BCUT2D eigenvalue weighted by atomic mass is 32.2. The monoisotopic (exact) mass is 259 g/mol. The van der Waals surface area contributed by atoms with Crippen molar-refractivity contribution >= 4 is 34.1 Å². The molecule has 3 nitrogen and oxygen atoms in total. The molecule has 0 fully saturated rings. The first-order valence-corrected chi connectivity index (χ1v) is 6.74. The molecular weight excluding hydrogens is 242 g/mol. The molecule has 16 heavy (non-hydrogen) atoms. The maximum atomic E-state index is 11.6. The topological polar surface area (TPSA) is 40.5 Å². The van der Waals surface area contributed by atoms with Crippen LogP contribution < -0.4 is 0 Å². The van der Waals surface area contributed by atoms with Gasteiger partial charge in [0.1, 0.15) is 10.1 Å². The van der Waals surface area contributed by atoms with Gasteiger partial charge in [-0.15, -0.1) is 0 Å². The number of nitrogens with zero attached hydrogens (tertiary/aromatic N) is 1. The van der Waals surface area contributed by atoms with Gasteiger partial charge in [-0.05, 0) is 20.3 Å². The van der Waals surface area contributed by atoms with Crippen molar-refractivity contribution in [3.8, 4) is 0 Å². The fourth-order valence-corrected chi connectivity index (χ4v) is 3.06. The number of carbonyl (C=O) groups is 1. The molecule has 0 radical (unpaired) electrons. The molecule has 0 heterocycles. The van der Waals surface area contributed by atoms with Crippen molar-refractivity contribution in [2.45, 2.75) is 33.1 Å².